The quantitative estimate of drug-likeness (QED) is 0.251. The first-order valence-electron chi connectivity index (χ1n) is 14.1. The van der Waals surface area contributed by atoms with Crippen LogP contribution in [0.4, 0.5) is 0 Å². The van der Waals surface area contributed by atoms with E-state index in [0.717, 1.165) is 78.5 Å². The van der Waals surface area contributed by atoms with Gasteiger partial charge in [0.2, 0.25) is 0 Å². The monoisotopic (exact) mass is 464 g/mol. The number of thiol groups is 1. The van der Waals surface area contributed by atoms with Crippen LogP contribution < -0.4 is 0 Å². The Hall–Kier alpha value is 0.230. The van der Waals surface area contributed by atoms with E-state index in [1.807, 2.05) is 0 Å². The van der Waals surface area contributed by atoms with Gasteiger partial charge < -0.3 is 15.3 Å². The Balaban J connectivity index is 0.00000105. The smallest absolute Gasteiger partial charge is 0.162 e. The molecule has 0 spiro atoms. The minimum Gasteiger partial charge on any atom is -0.400 e. The summed E-state index contributed by atoms with van der Waals surface area (Å²) in [6.45, 7) is 0. The minimum atomic E-state index is -1.40. The first-order chi connectivity index (χ1) is 15.6. The molecule has 0 amide bonds. The maximum atomic E-state index is 10.8. The number of rotatable bonds is 4. The SMILES string of the molecule is CO.OC1(O)CCC2C3C(CCCCS)CCC4CCC5CCC6CCC(C1)C2C6C5C43. The highest BCUT2D eigenvalue weighted by molar-refractivity contribution is 7.80. The highest BCUT2D eigenvalue weighted by atomic mass is 32.1. The summed E-state index contributed by atoms with van der Waals surface area (Å²) in [6.07, 6.45) is 18.0. The zero-order valence-corrected chi connectivity index (χ0v) is 21.1. The number of hydrogen-bond donors (Lipinski definition) is 4. The predicted octanol–water partition coefficient (Wildman–Crippen LogP) is 5.53. The van der Waals surface area contributed by atoms with Gasteiger partial charge in [0.25, 0.3) is 0 Å². The Morgan fingerprint density at radius 2 is 1.19 bits per heavy atom. The van der Waals surface area contributed by atoms with Crippen molar-refractivity contribution in [2.45, 2.75) is 95.7 Å². The van der Waals surface area contributed by atoms with Crippen molar-refractivity contribution >= 4 is 12.6 Å². The predicted molar refractivity (Wildman–Crippen MR) is 132 cm³/mol. The van der Waals surface area contributed by atoms with E-state index in [9.17, 15) is 10.2 Å². The average Bonchev–Trinajstić information content (AvgIpc) is 2.95. The molecule has 0 aromatic carbocycles. The van der Waals surface area contributed by atoms with Crippen molar-refractivity contribution in [3.63, 3.8) is 0 Å². The first kappa shape index (κ1) is 23.9. The molecular weight excluding hydrogens is 416 g/mol. The fraction of sp³-hybridized carbons (Fsp3) is 1.00. The Morgan fingerprint density at radius 1 is 0.656 bits per heavy atom. The summed E-state index contributed by atoms with van der Waals surface area (Å²) in [5.74, 6) is 9.47. The van der Waals surface area contributed by atoms with Gasteiger partial charge in [0.15, 0.2) is 5.79 Å². The molecule has 11 unspecified atom stereocenters. The number of aliphatic hydroxyl groups excluding tert-OH is 1. The van der Waals surface area contributed by atoms with Crippen LogP contribution in [0.3, 0.4) is 0 Å². The number of aliphatic hydroxyl groups is 3. The van der Waals surface area contributed by atoms with Gasteiger partial charge in [-0.1, -0.05) is 12.8 Å². The summed E-state index contributed by atoms with van der Waals surface area (Å²) in [5.41, 5.74) is 0. The standard InChI is InChI=1S/C27H44O2S.CH4O/c28-27(29)13-12-21-22-16(3-1-2-14-30)4-5-17-6-8-19-9-7-18-10-11-20(15-27)23(21)25(18)26(19)24(17)22;1-2/h16-26,28-30H,1-15H2;2H,1H3. The van der Waals surface area contributed by atoms with E-state index in [1.54, 1.807) is 0 Å². The molecule has 0 aromatic heterocycles. The van der Waals surface area contributed by atoms with Crippen LogP contribution in [0.5, 0.6) is 0 Å². The second kappa shape index (κ2) is 9.70. The van der Waals surface area contributed by atoms with E-state index in [0.29, 0.717) is 18.8 Å². The largest absolute Gasteiger partial charge is 0.400 e. The van der Waals surface area contributed by atoms with Crippen molar-refractivity contribution in [1.82, 2.24) is 0 Å². The average molecular weight is 465 g/mol. The van der Waals surface area contributed by atoms with Gasteiger partial charge in [-0.2, -0.15) is 12.6 Å². The molecule has 32 heavy (non-hydrogen) atoms. The molecule has 0 saturated heterocycles. The van der Waals surface area contributed by atoms with Crippen LogP contribution in [0.2, 0.25) is 0 Å². The van der Waals surface area contributed by atoms with Crippen LogP contribution >= 0.6 is 12.6 Å². The molecule has 6 saturated carbocycles. The fourth-order valence-corrected chi connectivity index (χ4v) is 11.1. The Bertz CT molecular complexity index is 634. The Kier molecular flexibility index (Phi) is 7.26. The summed E-state index contributed by atoms with van der Waals surface area (Å²) in [6, 6.07) is 0. The van der Waals surface area contributed by atoms with Gasteiger partial charge in [-0.25, -0.2) is 0 Å². The molecule has 0 aromatic rings. The molecule has 0 bridgehead atoms. The van der Waals surface area contributed by atoms with E-state index in [-0.39, 0.29) is 0 Å². The summed E-state index contributed by atoms with van der Waals surface area (Å²) in [5, 5.41) is 28.6. The molecule has 3 nitrogen and oxygen atoms in total. The van der Waals surface area contributed by atoms with Crippen LogP contribution in [0.1, 0.15) is 89.9 Å². The van der Waals surface area contributed by atoms with Crippen molar-refractivity contribution in [1.29, 1.82) is 0 Å². The fourth-order valence-electron chi connectivity index (χ4n) is 10.9. The van der Waals surface area contributed by atoms with Crippen LogP contribution in [-0.4, -0.2) is 34.0 Å². The molecule has 11 atom stereocenters. The number of unbranched alkanes of at least 4 members (excludes halogenated alkanes) is 1. The third kappa shape index (κ3) is 4.01. The third-order valence-electron chi connectivity index (χ3n) is 11.6. The minimum absolute atomic E-state index is 0.578. The summed E-state index contributed by atoms with van der Waals surface area (Å²) < 4.78 is 0. The molecular formula is C28H48O3S. The lowest BCUT2D eigenvalue weighted by molar-refractivity contribution is -0.200. The van der Waals surface area contributed by atoms with Gasteiger partial charge in [0.05, 0.1) is 0 Å². The van der Waals surface area contributed by atoms with Crippen molar-refractivity contribution in [2.75, 3.05) is 12.9 Å². The van der Waals surface area contributed by atoms with Crippen molar-refractivity contribution in [3.8, 4) is 0 Å². The van der Waals surface area contributed by atoms with Crippen LogP contribution in [0, 0.1) is 65.1 Å². The normalized spacial score (nSPS) is 50.3. The molecule has 6 aliphatic carbocycles. The van der Waals surface area contributed by atoms with Gasteiger partial charge in [-0.15, -0.1) is 0 Å². The second-order valence-electron chi connectivity index (χ2n) is 12.6. The van der Waals surface area contributed by atoms with Crippen LogP contribution in [-0.2, 0) is 0 Å². The first-order valence-corrected chi connectivity index (χ1v) is 14.7. The van der Waals surface area contributed by atoms with Crippen LogP contribution in [0.15, 0.2) is 0 Å². The van der Waals surface area contributed by atoms with E-state index in [2.05, 4.69) is 12.6 Å². The van der Waals surface area contributed by atoms with E-state index >= 15 is 0 Å². The van der Waals surface area contributed by atoms with E-state index < -0.39 is 5.79 Å². The molecule has 6 rings (SSSR count). The zero-order valence-electron chi connectivity index (χ0n) is 20.2. The van der Waals surface area contributed by atoms with E-state index in [4.69, 9.17) is 5.11 Å². The van der Waals surface area contributed by atoms with Gasteiger partial charge in [0, 0.05) is 20.0 Å². The van der Waals surface area contributed by atoms with Gasteiger partial charge in [0.1, 0.15) is 0 Å². The molecule has 0 radical (unpaired) electrons. The molecule has 4 heteroatoms. The number of hydrogen-bond acceptors (Lipinski definition) is 4. The Morgan fingerprint density at radius 3 is 1.81 bits per heavy atom. The third-order valence-corrected chi connectivity index (χ3v) is 11.9. The number of fused-ring (bicyclic) bond motifs is 1. The van der Waals surface area contributed by atoms with Gasteiger partial charge in [-0.05, 0) is 135 Å². The van der Waals surface area contributed by atoms with Crippen molar-refractivity contribution in [2.24, 2.45) is 65.1 Å². The second-order valence-corrected chi connectivity index (χ2v) is 13.1. The molecule has 184 valence electrons. The van der Waals surface area contributed by atoms with Crippen molar-refractivity contribution in [3.05, 3.63) is 0 Å². The lowest BCUT2D eigenvalue weighted by atomic mass is 9.37. The molecule has 0 aliphatic heterocycles. The lowest BCUT2D eigenvalue weighted by Gasteiger charge is -2.67. The Labute approximate surface area is 201 Å². The van der Waals surface area contributed by atoms with E-state index in [1.165, 1.54) is 70.6 Å². The topological polar surface area (TPSA) is 60.7 Å². The maximum absolute atomic E-state index is 10.8. The molecule has 0 heterocycles. The summed E-state index contributed by atoms with van der Waals surface area (Å²) in [4.78, 5) is 0. The highest BCUT2D eigenvalue weighted by Gasteiger charge is 2.64. The highest BCUT2D eigenvalue weighted by Crippen LogP contribution is 2.70. The summed E-state index contributed by atoms with van der Waals surface area (Å²) >= 11 is 4.49. The molecule has 3 N–H and O–H groups in total. The molecule has 6 aliphatic rings. The lowest BCUT2D eigenvalue weighted by Crippen LogP contribution is -2.61. The summed E-state index contributed by atoms with van der Waals surface area (Å²) in [7, 11) is 1.00. The van der Waals surface area contributed by atoms with Gasteiger partial charge >= 0.3 is 0 Å². The maximum Gasteiger partial charge on any atom is 0.162 e. The van der Waals surface area contributed by atoms with Crippen molar-refractivity contribution < 1.29 is 15.3 Å². The van der Waals surface area contributed by atoms with Crippen LogP contribution in [0.25, 0.3) is 0 Å². The molecule has 6 fully saturated rings. The zero-order chi connectivity index (χ0) is 22.5. The van der Waals surface area contributed by atoms with Gasteiger partial charge in [-0.3, -0.25) is 0 Å².